The molecule has 2 heteroatoms. The summed E-state index contributed by atoms with van der Waals surface area (Å²) in [5.74, 6) is 0.251. The lowest BCUT2D eigenvalue weighted by Gasteiger charge is -2.06. The molecule has 0 fully saturated rings. The molecule has 0 aromatic carbocycles. The highest BCUT2D eigenvalue weighted by Crippen LogP contribution is 2.01. The van der Waals surface area contributed by atoms with Crippen LogP contribution < -0.4 is 0 Å². The Bertz CT molecular complexity index is 159. The van der Waals surface area contributed by atoms with Crippen molar-refractivity contribution in [1.82, 2.24) is 4.90 Å². The molecule has 0 saturated heterocycles. The second kappa shape index (κ2) is 4.94. The molecule has 0 aromatic heterocycles. The van der Waals surface area contributed by atoms with E-state index >= 15 is 0 Å². The number of nitrogens with zero attached hydrogens (tertiary/aromatic N) is 1. The normalized spacial score (nSPS) is 11.5. The van der Waals surface area contributed by atoms with Gasteiger partial charge in [0.15, 0.2) is 5.78 Å². The Hall–Kier alpha value is -0.790. The second-order valence-corrected chi connectivity index (χ2v) is 2.95. The molecule has 11 heavy (non-hydrogen) atoms. The molecule has 0 unspecified atom stereocenters. The van der Waals surface area contributed by atoms with Gasteiger partial charge in [-0.1, -0.05) is 6.92 Å². The van der Waals surface area contributed by atoms with Crippen LogP contribution in [0.5, 0.6) is 0 Å². The Labute approximate surface area is 68.9 Å². The Morgan fingerprint density at radius 2 is 2.00 bits per heavy atom. The molecule has 0 radical (unpaired) electrons. The SMILES string of the molecule is CCCC(=O)C(C)=CN(C)C. The number of Topliss-reactive ketones (excluding diaryl/α,β-unsaturated/α-hetero) is 1. The van der Waals surface area contributed by atoms with E-state index in [0.29, 0.717) is 6.42 Å². The predicted octanol–water partition coefficient (Wildman–Crippen LogP) is 1.82. The maximum absolute atomic E-state index is 11.2. The molecule has 0 saturated carbocycles. The molecule has 0 aliphatic rings. The van der Waals surface area contributed by atoms with E-state index in [4.69, 9.17) is 0 Å². The smallest absolute Gasteiger partial charge is 0.160 e. The Balaban J connectivity index is 4.01. The second-order valence-electron chi connectivity index (χ2n) is 2.95. The van der Waals surface area contributed by atoms with Crippen molar-refractivity contribution in [2.24, 2.45) is 0 Å². The van der Waals surface area contributed by atoms with Gasteiger partial charge in [0.05, 0.1) is 0 Å². The molecule has 0 aliphatic heterocycles. The third kappa shape index (κ3) is 4.59. The summed E-state index contributed by atoms with van der Waals surface area (Å²) in [6.07, 6.45) is 3.45. The summed E-state index contributed by atoms with van der Waals surface area (Å²) in [7, 11) is 3.84. The number of hydrogen-bond donors (Lipinski definition) is 0. The van der Waals surface area contributed by atoms with Crippen molar-refractivity contribution < 1.29 is 4.79 Å². The molecule has 64 valence electrons. The van der Waals surface area contributed by atoms with Gasteiger partial charge in [0, 0.05) is 32.3 Å². The van der Waals surface area contributed by atoms with Crippen LogP contribution in [0, 0.1) is 0 Å². The van der Waals surface area contributed by atoms with Crippen LogP contribution in [0.3, 0.4) is 0 Å². The minimum atomic E-state index is 0.251. The van der Waals surface area contributed by atoms with Crippen molar-refractivity contribution in [2.75, 3.05) is 14.1 Å². The van der Waals surface area contributed by atoms with E-state index in [9.17, 15) is 4.79 Å². The van der Waals surface area contributed by atoms with Gasteiger partial charge in [0.25, 0.3) is 0 Å². The summed E-state index contributed by atoms with van der Waals surface area (Å²) < 4.78 is 0. The molecular formula is C9H17NO. The first-order chi connectivity index (χ1) is 5.07. The van der Waals surface area contributed by atoms with Gasteiger partial charge in [0.1, 0.15) is 0 Å². The lowest BCUT2D eigenvalue weighted by Crippen LogP contribution is -2.06. The van der Waals surface area contributed by atoms with E-state index < -0.39 is 0 Å². The summed E-state index contributed by atoms with van der Waals surface area (Å²) in [5.41, 5.74) is 0.844. The van der Waals surface area contributed by atoms with Gasteiger partial charge in [-0.05, 0) is 13.3 Å². The summed E-state index contributed by atoms with van der Waals surface area (Å²) in [6, 6.07) is 0. The molecule has 0 N–H and O–H groups in total. The van der Waals surface area contributed by atoms with Crippen molar-refractivity contribution in [2.45, 2.75) is 26.7 Å². The minimum absolute atomic E-state index is 0.251. The number of carbonyl (C=O) groups excluding carboxylic acids is 1. The lowest BCUT2D eigenvalue weighted by molar-refractivity contribution is -0.115. The Kier molecular flexibility index (Phi) is 4.59. The van der Waals surface area contributed by atoms with Crippen LogP contribution in [0.25, 0.3) is 0 Å². The van der Waals surface area contributed by atoms with Crippen molar-refractivity contribution >= 4 is 5.78 Å². The van der Waals surface area contributed by atoms with Crippen LogP contribution in [0.15, 0.2) is 11.8 Å². The van der Waals surface area contributed by atoms with Crippen molar-refractivity contribution in [3.05, 3.63) is 11.8 Å². The Morgan fingerprint density at radius 3 is 2.36 bits per heavy atom. The first-order valence-electron chi connectivity index (χ1n) is 3.96. The number of hydrogen-bond acceptors (Lipinski definition) is 2. The van der Waals surface area contributed by atoms with E-state index in [-0.39, 0.29) is 5.78 Å². The van der Waals surface area contributed by atoms with Gasteiger partial charge in [0.2, 0.25) is 0 Å². The van der Waals surface area contributed by atoms with Crippen LogP contribution in [0.4, 0.5) is 0 Å². The zero-order valence-electron chi connectivity index (χ0n) is 7.85. The van der Waals surface area contributed by atoms with E-state index in [2.05, 4.69) is 0 Å². The van der Waals surface area contributed by atoms with Gasteiger partial charge in [-0.2, -0.15) is 0 Å². The van der Waals surface area contributed by atoms with Gasteiger partial charge in [-0.3, -0.25) is 4.79 Å². The molecule has 0 aliphatic carbocycles. The maximum atomic E-state index is 11.2. The van der Waals surface area contributed by atoms with Crippen LogP contribution in [0.1, 0.15) is 26.7 Å². The summed E-state index contributed by atoms with van der Waals surface area (Å²) >= 11 is 0. The first-order valence-corrected chi connectivity index (χ1v) is 3.96. The zero-order chi connectivity index (χ0) is 8.85. The number of allylic oxidation sites excluding steroid dienone is 1. The van der Waals surface area contributed by atoms with E-state index in [1.165, 1.54) is 0 Å². The topological polar surface area (TPSA) is 20.3 Å². The highest BCUT2D eigenvalue weighted by Gasteiger charge is 2.01. The van der Waals surface area contributed by atoms with E-state index in [0.717, 1.165) is 12.0 Å². The molecule has 0 rings (SSSR count). The largest absolute Gasteiger partial charge is 0.383 e. The fraction of sp³-hybridized carbons (Fsp3) is 0.667. The molecule has 0 atom stereocenters. The van der Waals surface area contributed by atoms with Gasteiger partial charge in [-0.25, -0.2) is 0 Å². The molecule has 0 heterocycles. The molecule has 0 aromatic rings. The molecular weight excluding hydrogens is 138 g/mol. The van der Waals surface area contributed by atoms with Gasteiger partial charge >= 0.3 is 0 Å². The predicted molar refractivity (Wildman–Crippen MR) is 47.4 cm³/mol. The quantitative estimate of drug-likeness (QED) is 0.577. The zero-order valence-corrected chi connectivity index (χ0v) is 7.85. The maximum Gasteiger partial charge on any atom is 0.160 e. The van der Waals surface area contributed by atoms with E-state index in [1.54, 1.807) is 0 Å². The third-order valence-electron chi connectivity index (χ3n) is 1.37. The van der Waals surface area contributed by atoms with Gasteiger partial charge in [-0.15, -0.1) is 0 Å². The molecule has 0 amide bonds. The monoisotopic (exact) mass is 155 g/mol. The summed E-state index contributed by atoms with van der Waals surface area (Å²) in [4.78, 5) is 13.1. The lowest BCUT2D eigenvalue weighted by atomic mass is 10.1. The number of ketones is 1. The molecule has 2 nitrogen and oxygen atoms in total. The average Bonchev–Trinajstić information content (AvgIpc) is 1.86. The molecule has 0 bridgehead atoms. The van der Waals surface area contributed by atoms with Crippen molar-refractivity contribution in [3.8, 4) is 0 Å². The van der Waals surface area contributed by atoms with Crippen LogP contribution in [-0.2, 0) is 4.79 Å². The highest BCUT2D eigenvalue weighted by atomic mass is 16.1. The Morgan fingerprint density at radius 1 is 1.45 bits per heavy atom. The summed E-state index contributed by atoms with van der Waals surface area (Å²) in [6.45, 7) is 3.87. The summed E-state index contributed by atoms with van der Waals surface area (Å²) in [5, 5.41) is 0. The van der Waals surface area contributed by atoms with E-state index in [1.807, 2.05) is 39.0 Å². The fourth-order valence-electron chi connectivity index (χ4n) is 0.884. The fourth-order valence-corrected chi connectivity index (χ4v) is 0.884. The first kappa shape index (κ1) is 10.2. The van der Waals surface area contributed by atoms with Gasteiger partial charge < -0.3 is 4.90 Å². The number of carbonyl (C=O) groups is 1. The number of rotatable bonds is 4. The third-order valence-corrected chi connectivity index (χ3v) is 1.37. The molecule has 0 spiro atoms. The van der Waals surface area contributed by atoms with Crippen molar-refractivity contribution in [1.29, 1.82) is 0 Å². The minimum Gasteiger partial charge on any atom is -0.383 e. The van der Waals surface area contributed by atoms with Crippen molar-refractivity contribution in [3.63, 3.8) is 0 Å². The highest BCUT2D eigenvalue weighted by molar-refractivity contribution is 5.94. The standard InChI is InChI=1S/C9H17NO/c1-5-6-9(11)8(2)7-10(3)4/h7H,5-6H2,1-4H3. The van der Waals surface area contributed by atoms with Crippen LogP contribution in [0.2, 0.25) is 0 Å². The average molecular weight is 155 g/mol. The van der Waals surface area contributed by atoms with Crippen LogP contribution >= 0.6 is 0 Å². The van der Waals surface area contributed by atoms with Crippen LogP contribution in [-0.4, -0.2) is 24.8 Å².